The number of carbonyl (C=O) groups is 1. The van der Waals surface area contributed by atoms with Crippen molar-refractivity contribution in [2.24, 2.45) is 0 Å². The average Bonchev–Trinajstić information content (AvgIpc) is 3.37. The number of benzene rings is 2. The zero-order chi connectivity index (χ0) is 24.5. The number of thiazole rings is 1. The van der Waals surface area contributed by atoms with Gasteiger partial charge in [-0.05, 0) is 78.2 Å². The molecular formula is C26H29BN2O4S. The van der Waals surface area contributed by atoms with Crippen molar-refractivity contribution in [3.05, 3.63) is 48.5 Å². The van der Waals surface area contributed by atoms with Gasteiger partial charge in [0.25, 0.3) is 0 Å². The minimum atomic E-state index is -0.637. The van der Waals surface area contributed by atoms with E-state index >= 15 is 0 Å². The van der Waals surface area contributed by atoms with Crippen LogP contribution in [0.4, 0.5) is 4.79 Å². The normalized spacial score (nSPS) is 17.6. The maximum Gasteiger partial charge on any atom is 0.494 e. The molecule has 0 aliphatic carbocycles. The van der Waals surface area contributed by atoms with Crippen molar-refractivity contribution in [1.82, 2.24) is 9.55 Å². The van der Waals surface area contributed by atoms with Crippen LogP contribution in [0, 0.1) is 0 Å². The SMILES string of the molecule is CC(C)(C)OC(=O)n1c(-c2nc3ccccc3s2)cc2ccc(B3OC(C)(C)C(C)(C)O3)cc21. The fourth-order valence-electron chi connectivity index (χ4n) is 3.99. The third kappa shape index (κ3) is 3.93. The molecule has 2 aromatic heterocycles. The Kier molecular flexibility index (Phi) is 5.20. The molecule has 1 fully saturated rings. The Labute approximate surface area is 204 Å². The standard InChI is InChI=1S/C26H29BN2O4S/c1-24(2,3)31-23(30)29-19-15-17(27-32-25(4,5)26(6,7)33-27)13-12-16(19)14-20(29)22-28-18-10-8-9-11-21(18)34-22/h8-15H,1-7H3. The highest BCUT2D eigenvalue weighted by molar-refractivity contribution is 7.21. The fourth-order valence-corrected chi connectivity index (χ4v) is 4.96. The van der Waals surface area contributed by atoms with Crippen molar-refractivity contribution in [2.45, 2.75) is 65.3 Å². The highest BCUT2D eigenvalue weighted by Crippen LogP contribution is 2.38. The van der Waals surface area contributed by atoms with Crippen LogP contribution in [0.2, 0.25) is 0 Å². The summed E-state index contributed by atoms with van der Waals surface area (Å²) in [5.41, 5.74) is 1.65. The first kappa shape index (κ1) is 23.1. The minimum absolute atomic E-state index is 0.442. The molecule has 1 aliphatic heterocycles. The van der Waals surface area contributed by atoms with Crippen LogP contribution in [0.25, 0.3) is 31.8 Å². The summed E-state index contributed by atoms with van der Waals surface area (Å²) in [5.74, 6) is 0. The molecule has 4 aromatic rings. The molecule has 3 heterocycles. The Bertz CT molecular complexity index is 1360. The van der Waals surface area contributed by atoms with Crippen LogP contribution in [0.1, 0.15) is 48.5 Å². The van der Waals surface area contributed by atoms with Crippen molar-refractivity contribution >= 4 is 51.1 Å². The lowest BCUT2D eigenvalue weighted by molar-refractivity contribution is 0.00578. The molecule has 1 aliphatic rings. The molecule has 0 saturated carbocycles. The number of fused-ring (bicyclic) bond motifs is 2. The first-order chi connectivity index (χ1) is 15.8. The van der Waals surface area contributed by atoms with Gasteiger partial charge >= 0.3 is 13.2 Å². The summed E-state index contributed by atoms with van der Waals surface area (Å²) in [5, 5.41) is 1.68. The van der Waals surface area contributed by atoms with E-state index in [1.165, 1.54) is 0 Å². The molecule has 8 heteroatoms. The quantitative estimate of drug-likeness (QED) is 0.332. The smallest absolute Gasteiger partial charge is 0.443 e. The lowest BCUT2D eigenvalue weighted by Gasteiger charge is -2.32. The van der Waals surface area contributed by atoms with Gasteiger partial charge in [-0.2, -0.15) is 0 Å². The molecule has 176 valence electrons. The van der Waals surface area contributed by atoms with Gasteiger partial charge in [-0.3, -0.25) is 0 Å². The summed E-state index contributed by atoms with van der Waals surface area (Å²) in [6, 6.07) is 15.9. The number of hydrogen-bond donors (Lipinski definition) is 0. The van der Waals surface area contributed by atoms with Gasteiger partial charge in [0.1, 0.15) is 10.6 Å². The molecule has 0 unspecified atom stereocenters. The van der Waals surface area contributed by atoms with E-state index in [9.17, 15) is 4.79 Å². The van der Waals surface area contributed by atoms with Crippen molar-refractivity contribution in [1.29, 1.82) is 0 Å². The molecule has 0 atom stereocenters. The predicted octanol–water partition coefficient (Wildman–Crippen LogP) is 6.00. The molecule has 0 N–H and O–H groups in total. The van der Waals surface area contributed by atoms with Gasteiger partial charge in [-0.25, -0.2) is 14.3 Å². The van der Waals surface area contributed by atoms with Crippen LogP contribution >= 0.6 is 11.3 Å². The third-order valence-electron chi connectivity index (χ3n) is 6.44. The van der Waals surface area contributed by atoms with Crippen molar-refractivity contribution in [3.63, 3.8) is 0 Å². The number of para-hydroxylation sites is 1. The van der Waals surface area contributed by atoms with Gasteiger partial charge < -0.3 is 14.0 Å². The van der Waals surface area contributed by atoms with E-state index in [4.69, 9.17) is 19.0 Å². The van der Waals surface area contributed by atoms with E-state index in [1.54, 1.807) is 15.9 Å². The summed E-state index contributed by atoms with van der Waals surface area (Å²) in [6.07, 6.45) is -0.442. The Morgan fingerprint density at radius 1 is 1.03 bits per heavy atom. The molecule has 1 saturated heterocycles. The van der Waals surface area contributed by atoms with Crippen LogP contribution in [0.3, 0.4) is 0 Å². The molecule has 0 amide bonds. The molecule has 34 heavy (non-hydrogen) atoms. The highest BCUT2D eigenvalue weighted by Gasteiger charge is 2.51. The van der Waals surface area contributed by atoms with E-state index in [0.29, 0.717) is 5.69 Å². The molecule has 5 rings (SSSR count). The van der Waals surface area contributed by atoms with Gasteiger partial charge in [0.2, 0.25) is 0 Å². The van der Waals surface area contributed by atoms with Gasteiger partial charge in [-0.1, -0.05) is 24.3 Å². The Balaban J connectivity index is 1.66. The first-order valence-corrected chi connectivity index (χ1v) is 12.3. The number of carbonyl (C=O) groups excluding carboxylic acids is 1. The van der Waals surface area contributed by atoms with Gasteiger partial charge in [0.05, 0.1) is 32.6 Å². The van der Waals surface area contributed by atoms with Crippen molar-refractivity contribution in [2.75, 3.05) is 0 Å². The third-order valence-corrected chi connectivity index (χ3v) is 7.50. The van der Waals surface area contributed by atoms with Gasteiger partial charge in [-0.15, -0.1) is 11.3 Å². The fraction of sp³-hybridized carbons (Fsp3) is 0.385. The van der Waals surface area contributed by atoms with E-state index in [-0.39, 0.29) is 0 Å². The number of ether oxygens (including phenoxy) is 1. The Morgan fingerprint density at radius 2 is 1.71 bits per heavy atom. The zero-order valence-corrected chi connectivity index (χ0v) is 21.4. The Hall–Kier alpha value is -2.68. The van der Waals surface area contributed by atoms with E-state index in [0.717, 1.165) is 31.6 Å². The average molecular weight is 476 g/mol. The number of nitrogens with zero attached hydrogens (tertiary/aromatic N) is 2. The number of hydrogen-bond acceptors (Lipinski definition) is 6. The topological polar surface area (TPSA) is 62.6 Å². The van der Waals surface area contributed by atoms with Crippen LogP contribution in [0.15, 0.2) is 48.5 Å². The van der Waals surface area contributed by atoms with E-state index < -0.39 is 30.0 Å². The predicted molar refractivity (Wildman–Crippen MR) is 138 cm³/mol. The maximum atomic E-state index is 13.4. The lowest BCUT2D eigenvalue weighted by atomic mass is 9.79. The summed E-state index contributed by atoms with van der Waals surface area (Å²) in [7, 11) is -0.526. The molecule has 0 bridgehead atoms. The van der Waals surface area contributed by atoms with Crippen molar-refractivity contribution < 1.29 is 18.8 Å². The van der Waals surface area contributed by atoms with Crippen molar-refractivity contribution in [3.8, 4) is 10.7 Å². The molecule has 0 radical (unpaired) electrons. The Morgan fingerprint density at radius 3 is 2.35 bits per heavy atom. The lowest BCUT2D eigenvalue weighted by Crippen LogP contribution is -2.41. The molecule has 2 aromatic carbocycles. The second kappa shape index (κ2) is 7.67. The van der Waals surface area contributed by atoms with Gasteiger partial charge in [0.15, 0.2) is 0 Å². The zero-order valence-electron chi connectivity index (χ0n) is 20.6. The van der Waals surface area contributed by atoms with Crippen LogP contribution < -0.4 is 5.46 Å². The van der Waals surface area contributed by atoms with Gasteiger partial charge in [0, 0.05) is 5.39 Å². The minimum Gasteiger partial charge on any atom is -0.443 e. The van der Waals surface area contributed by atoms with E-state index in [2.05, 4.69) is 0 Å². The molecule has 0 spiro atoms. The first-order valence-electron chi connectivity index (χ1n) is 11.4. The maximum absolute atomic E-state index is 13.4. The number of rotatable bonds is 2. The summed E-state index contributed by atoms with van der Waals surface area (Å²) in [6.45, 7) is 13.7. The van der Waals surface area contributed by atoms with Crippen LogP contribution in [0.5, 0.6) is 0 Å². The highest BCUT2D eigenvalue weighted by atomic mass is 32.1. The molecular weight excluding hydrogens is 447 g/mol. The monoisotopic (exact) mass is 476 g/mol. The number of aromatic nitrogens is 2. The summed E-state index contributed by atoms with van der Waals surface area (Å²) >= 11 is 1.56. The van der Waals surface area contributed by atoms with E-state index in [1.807, 2.05) is 97.0 Å². The second-order valence-corrected chi connectivity index (χ2v) is 11.8. The van der Waals surface area contributed by atoms with Crippen LogP contribution in [-0.2, 0) is 14.0 Å². The molecule has 6 nitrogen and oxygen atoms in total. The van der Waals surface area contributed by atoms with Crippen LogP contribution in [-0.4, -0.2) is 39.6 Å². The summed E-state index contributed by atoms with van der Waals surface area (Å²) < 4.78 is 21.0. The largest absolute Gasteiger partial charge is 0.494 e. The summed E-state index contributed by atoms with van der Waals surface area (Å²) in [4.78, 5) is 18.2. The second-order valence-electron chi connectivity index (χ2n) is 10.7.